The zero-order valence-corrected chi connectivity index (χ0v) is 11.1. The molecular weight excluding hydrogens is 242 g/mol. The highest BCUT2D eigenvalue weighted by molar-refractivity contribution is 5.94. The Hall–Kier alpha value is -1.62. The van der Waals surface area contributed by atoms with Crippen molar-refractivity contribution in [1.29, 1.82) is 0 Å². The number of hydrogen-bond donors (Lipinski definition) is 2. The van der Waals surface area contributed by atoms with E-state index in [0.29, 0.717) is 0 Å². The predicted octanol–water partition coefficient (Wildman–Crippen LogP) is 0.400. The lowest BCUT2D eigenvalue weighted by molar-refractivity contribution is 0.0880. The SMILES string of the molecule is Cn1ccc(=O)c(C(=O)NC2CCNC23CCC3)c1. The number of hydrogen-bond acceptors (Lipinski definition) is 3. The summed E-state index contributed by atoms with van der Waals surface area (Å²) in [6.45, 7) is 0.942. The molecule has 0 bridgehead atoms. The molecule has 0 radical (unpaired) electrons. The average Bonchev–Trinajstić information content (AvgIpc) is 2.75. The first kappa shape index (κ1) is 12.4. The fraction of sp³-hybridized carbons (Fsp3) is 0.571. The molecule has 0 aromatic carbocycles. The molecule has 5 heteroatoms. The van der Waals surface area contributed by atoms with Gasteiger partial charge in [0.25, 0.3) is 5.91 Å². The van der Waals surface area contributed by atoms with Gasteiger partial charge in [-0.05, 0) is 32.2 Å². The minimum Gasteiger partial charge on any atom is -0.356 e. The Kier molecular flexibility index (Phi) is 2.93. The van der Waals surface area contributed by atoms with E-state index in [2.05, 4.69) is 10.6 Å². The van der Waals surface area contributed by atoms with Gasteiger partial charge in [0.15, 0.2) is 5.43 Å². The summed E-state index contributed by atoms with van der Waals surface area (Å²) in [6, 6.07) is 1.58. The first-order valence-corrected chi connectivity index (χ1v) is 6.83. The van der Waals surface area contributed by atoms with Crippen LogP contribution in [-0.4, -0.2) is 28.6 Å². The molecule has 1 saturated heterocycles. The summed E-state index contributed by atoms with van der Waals surface area (Å²) in [5, 5.41) is 6.55. The molecule has 1 unspecified atom stereocenters. The van der Waals surface area contributed by atoms with Gasteiger partial charge in [-0.2, -0.15) is 0 Å². The van der Waals surface area contributed by atoms with Gasteiger partial charge in [-0.3, -0.25) is 9.59 Å². The molecule has 19 heavy (non-hydrogen) atoms. The van der Waals surface area contributed by atoms with Crippen molar-refractivity contribution < 1.29 is 4.79 Å². The van der Waals surface area contributed by atoms with Crippen molar-refractivity contribution in [1.82, 2.24) is 15.2 Å². The zero-order chi connectivity index (χ0) is 13.5. The van der Waals surface area contributed by atoms with Crippen LogP contribution in [0.5, 0.6) is 0 Å². The fourth-order valence-corrected chi connectivity index (χ4v) is 3.15. The number of pyridine rings is 1. The van der Waals surface area contributed by atoms with Gasteiger partial charge >= 0.3 is 0 Å². The highest BCUT2D eigenvalue weighted by Gasteiger charge is 2.47. The Bertz CT molecular complexity index is 560. The van der Waals surface area contributed by atoms with E-state index >= 15 is 0 Å². The Morgan fingerprint density at radius 1 is 1.53 bits per heavy atom. The fourth-order valence-electron chi connectivity index (χ4n) is 3.15. The van der Waals surface area contributed by atoms with Gasteiger partial charge < -0.3 is 15.2 Å². The maximum absolute atomic E-state index is 12.2. The molecule has 3 rings (SSSR count). The molecule has 1 aliphatic heterocycles. The highest BCUT2D eigenvalue weighted by atomic mass is 16.2. The van der Waals surface area contributed by atoms with E-state index in [1.807, 2.05) is 0 Å². The molecule has 102 valence electrons. The lowest BCUT2D eigenvalue weighted by atomic mass is 9.73. The van der Waals surface area contributed by atoms with Crippen LogP contribution in [0, 0.1) is 0 Å². The molecule has 1 spiro atoms. The third-order valence-corrected chi connectivity index (χ3v) is 4.43. The summed E-state index contributed by atoms with van der Waals surface area (Å²) in [5.41, 5.74) is 0.103. The van der Waals surface area contributed by atoms with Crippen molar-refractivity contribution in [3.63, 3.8) is 0 Å². The van der Waals surface area contributed by atoms with E-state index in [9.17, 15) is 9.59 Å². The van der Waals surface area contributed by atoms with E-state index in [1.54, 1.807) is 24.0 Å². The minimum absolute atomic E-state index is 0.0929. The van der Waals surface area contributed by atoms with Gasteiger partial charge in [-0.15, -0.1) is 0 Å². The first-order valence-electron chi connectivity index (χ1n) is 6.83. The van der Waals surface area contributed by atoms with Crippen LogP contribution in [0.1, 0.15) is 36.0 Å². The molecule has 1 aliphatic carbocycles. The van der Waals surface area contributed by atoms with Gasteiger partial charge in [0, 0.05) is 37.1 Å². The quantitative estimate of drug-likeness (QED) is 0.810. The number of aryl methyl sites for hydroxylation is 1. The number of carbonyl (C=O) groups is 1. The maximum atomic E-state index is 12.2. The molecule has 1 aromatic heterocycles. The average molecular weight is 261 g/mol. The van der Waals surface area contributed by atoms with Crippen LogP contribution in [0.15, 0.2) is 23.3 Å². The highest BCUT2D eigenvalue weighted by Crippen LogP contribution is 2.39. The van der Waals surface area contributed by atoms with Crippen LogP contribution in [-0.2, 0) is 7.05 Å². The second-order valence-corrected chi connectivity index (χ2v) is 5.64. The van der Waals surface area contributed by atoms with Gasteiger partial charge in [-0.25, -0.2) is 0 Å². The zero-order valence-electron chi connectivity index (χ0n) is 11.1. The number of aromatic nitrogens is 1. The van der Waals surface area contributed by atoms with Crippen molar-refractivity contribution in [3.05, 3.63) is 34.2 Å². The van der Waals surface area contributed by atoms with Crippen molar-refractivity contribution in [2.75, 3.05) is 6.54 Å². The second kappa shape index (κ2) is 4.49. The van der Waals surface area contributed by atoms with Crippen molar-refractivity contribution in [2.24, 2.45) is 7.05 Å². The van der Waals surface area contributed by atoms with Crippen molar-refractivity contribution in [2.45, 2.75) is 37.3 Å². The van der Waals surface area contributed by atoms with Crippen molar-refractivity contribution in [3.8, 4) is 0 Å². The number of amides is 1. The summed E-state index contributed by atoms with van der Waals surface area (Å²) in [4.78, 5) is 24.0. The molecule has 2 fully saturated rings. The summed E-state index contributed by atoms with van der Waals surface area (Å²) < 4.78 is 1.72. The molecule has 1 aromatic rings. The molecule has 2 aliphatic rings. The smallest absolute Gasteiger partial charge is 0.257 e. The minimum atomic E-state index is -0.249. The summed E-state index contributed by atoms with van der Waals surface area (Å²) in [6.07, 6.45) is 7.64. The number of rotatable bonds is 2. The molecule has 2 N–H and O–H groups in total. The van der Waals surface area contributed by atoms with Crippen LogP contribution >= 0.6 is 0 Å². The van der Waals surface area contributed by atoms with E-state index in [1.165, 1.54) is 12.5 Å². The summed E-state index contributed by atoms with van der Waals surface area (Å²) in [5.74, 6) is -0.249. The molecule has 1 saturated carbocycles. The molecule has 1 atom stereocenters. The van der Waals surface area contributed by atoms with Gasteiger partial charge in [-0.1, -0.05) is 0 Å². The molecular formula is C14H19N3O2. The van der Waals surface area contributed by atoms with Gasteiger partial charge in [0.05, 0.1) is 0 Å². The number of nitrogens with one attached hydrogen (secondary N) is 2. The third-order valence-electron chi connectivity index (χ3n) is 4.43. The normalized spacial score (nSPS) is 24.2. The second-order valence-electron chi connectivity index (χ2n) is 5.64. The van der Waals surface area contributed by atoms with Crippen molar-refractivity contribution >= 4 is 5.91 Å². The summed E-state index contributed by atoms with van der Waals surface area (Å²) in [7, 11) is 1.81. The topological polar surface area (TPSA) is 63.1 Å². The van der Waals surface area contributed by atoms with E-state index in [-0.39, 0.29) is 28.5 Å². The molecule has 1 amide bonds. The van der Waals surface area contributed by atoms with Crippen LogP contribution in [0.3, 0.4) is 0 Å². The van der Waals surface area contributed by atoms with E-state index in [4.69, 9.17) is 0 Å². The van der Waals surface area contributed by atoms with Crippen LogP contribution in [0.4, 0.5) is 0 Å². The maximum Gasteiger partial charge on any atom is 0.257 e. The Labute approximate surface area is 112 Å². The third kappa shape index (κ3) is 2.08. The van der Waals surface area contributed by atoms with Crippen LogP contribution in [0.2, 0.25) is 0 Å². The van der Waals surface area contributed by atoms with E-state index < -0.39 is 0 Å². The van der Waals surface area contributed by atoms with Gasteiger partial charge in [0.1, 0.15) is 5.56 Å². The van der Waals surface area contributed by atoms with Crippen LogP contribution < -0.4 is 16.1 Å². The Morgan fingerprint density at radius 3 is 3.00 bits per heavy atom. The Balaban J connectivity index is 1.78. The number of nitrogens with zero attached hydrogens (tertiary/aromatic N) is 1. The lowest BCUT2D eigenvalue weighted by Crippen LogP contribution is -2.59. The largest absolute Gasteiger partial charge is 0.356 e. The molecule has 5 nitrogen and oxygen atoms in total. The monoisotopic (exact) mass is 261 g/mol. The van der Waals surface area contributed by atoms with E-state index in [0.717, 1.165) is 25.8 Å². The summed E-state index contributed by atoms with van der Waals surface area (Å²) >= 11 is 0. The Morgan fingerprint density at radius 2 is 2.32 bits per heavy atom. The standard InChI is InChI=1S/C14H19N3O2/c1-17-8-4-11(18)10(9-17)13(19)16-12-3-7-15-14(12)5-2-6-14/h4,8-9,12,15H,2-3,5-7H2,1H3,(H,16,19). The predicted molar refractivity (Wildman–Crippen MR) is 72.1 cm³/mol. The molecule has 2 heterocycles. The van der Waals surface area contributed by atoms with Crippen LogP contribution in [0.25, 0.3) is 0 Å². The first-order chi connectivity index (χ1) is 9.11. The lowest BCUT2D eigenvalue weighted by Gasteiger charge is -2.43. The number of carbonyl (C=O) groups excluding carboxylic acids is 1. The van der Waals surface area contributed by atoms with Gasteiger partial charge in [0.2, 0.25) is 0 Å².